The molecular formula is C9H11ClN2OS. The van der Waals surface area contributed by atoms with Crippen LogP contribution >= 0.6 is 24.4 Å². The van der Waals surface area contributed by atoms with Crippen molar-refractivity contribution in [3.63, 3.8) is 0 Å². The number of amides is 2. The number of nitrogens with one attached hydrogen (secondary N) is 1. The van der Waals surface area contributed by atoms with Crippen molar-refractivity contribution in [2.24, 2.45) is 0 Å². The van der Waals surface area contributed by atoms with Crippen molar-refractivity contribution in [1.82, 2.24) is 5.32 Å². The Morgan fingerprint density at radius 1 is 1.57 bits per heavy atom. The monoisotopic (exact) mass is 230 g/mol. The first kappa shape index (κ1) is 11.2. The van der Waals surface area contributed by atoms with E-state index in [2.05, 4.69) is 18.1 Å². The van der Waals surface area contributed by atoms with E-state index in [1.807, 2.05) is 6.92 Å². The maximum atomic E-state index is 11.3. The molecule has 0 unspecified atom stereocenters. The van der Waals surface area contributed by atoms with Gasteiger partial charge in [0.05, 0.1) is 5.69 Å². The van der Waals surface area contributed by atoms with E-state index in [9.17, 15) is 4.79 Å². The van der Waals surface area contributed by atoms with Gasteiger partial charge in [0.15, 0.2) is 0 Å². The van der Waals surface area contributed by atoms with Gasteiger partial charge >= 0.3 is 6.03 Å². The summed E-state index contributed by atoms with van der Waals surface area (Å²) < 4.78 is 1.24. The van der Waals surface area contributed by atoms with Crippen molar-refractivity contribution in [2.75, 3.05) is 11.4 Å². The van der Waals surface area contributed by atoms with Gasteiger partial charge in [0.2, 0.25) is 0 Å². The number of carbonyl (C=O) groups is 1. The molecule has 0 radical (unpaired) electrons. The molecule has 14 heavy (non-hydrogen) atoms. The average Bonchev–Trinajstić information content (AvgIpc) is 2.15. The topological polar surface area (TPSA) is 32.3 Å². The van der Waals surface area contributed by atoms with E-state index < -0.39 is 0 Å². The van der Waals surface area contributed by atoms with Gasteiger partial charge in [0.25, 0.3) is 0 Å². The lowest BCUT2D eigenvalue weighted by atomic mass is 10.2. The van der Waals surface area contributed by atoms with Gasteiger partial charge in [-0.15, -0.1) is 0 Å². The number of carbonyl (C=O) groups excluding carboxylic acids is 1. The molecule has 0 saturated heterocycles. The quantitative estimate of drug-likeness (QED) is 0.715. The van der Waals surface area contributed by atoms with Gasteiger partial charge < -0.3 is 5.32 Å². The summed E-state index contributed by atoms with van der Waals surface area (Å²) in [6.45, 7) is 1.87. The number of urea groups is 1. The molecule has 0 aromatic heterocycles. The third-order valence-corrected chi connectivity index (χ3v) is 2.43. The van der Waals surface area contributed by atoms with Gasteiger partial charge in [0.1, 0.15) is 0 Å². The van der Waals surface area contributed by atoms with Crippen LogP contribution in [0.5, 0.6) is 0 Å². The van der Waals surface area contributed by atoms with Crippen LogP contribution in [0.15, 0.2) is 18.2 Å². The molecule has 2 amide bonds. The summed E-state index contributed by atoms with van der Waals surface area (Å²) in [4.78, 5) is 11.3. The van der Waals surface area contributed by atoms with E-state index >= 15 is 0 Å². The first-order chi connectivity index (χ1) is 6.56. The summed E-state index contributed by atoms with van der Waals surface area (Å²) >= 11 is 9.87. The molecule has 1 N–H and O–H groups in total. The molecule has 3 nitrogen and oxygen atoms in total. The molecule has 0 spiro atoms. The average molecular weight is 231 g/mol. The Morgan fingerprint density at radius 2 is 2.21 bits per heavy atom. The molecule has 0 aliphatic carbocycles. The Bertz CT molecular complexity index is 357. The fraction of sp³-hybridized carbons (Fsp3) is 0.222. The molecule has 0 atom stereocenters. The number of anilines is 1. The zero-order valence-corrected chi connectivity index (χ0v) is 9.56. The summed E-state index contributed by atoms with van der Waals surface area (Å²) in [5.74, 6) is 0. The molecule has 0 saturated carbocycles. The highest BCUT2D eigenvalue weighted by atomic mass is 35.5. The van der Waals surface area contributed by atoms with Crippen molar-refractivity contribution in [3.05, 3.63) is 28.8 Å². The molecule has 0 fully saturated rings. The van der Waals surface area contributed by atoms with Crippen molar-refractivity contribution in [1.29, 1.82) is 0 Å². The molecule has 1 aromatic carbocycles. The molecule has 0 heterocycles. The summed E-state index contributed by atoms with van der Waals surface area (Å²) in [7, 11) is 1.55. The highest BCUT2D eigenvalue weighted by Crippen LogP contribution is 2.24. The SMILES string of the molecule is CNC(=O)N(S)c1ccc(Cl)cc1C. The molecule has 1 aromatic rings. The Labute approximate surface area is 93.6 Å². The van der Waals surface area contributed by atoms with Crippen LogP contribution in [0.2, 0.25) is 5.02 Å². The van der Waals surface area contributed by atoms with Crippen LogP contribution in [0.1, 0.15) is 5.56 Å². The summed E-state index contributed by atoms with van der Waals surface area (Å²) in [6.07, 6.45) is 0. The number of halogens is 1. The molecule has 76 valence electrons. The fourth-order valence-corrected chi connectivity index (χ4v) is 1.62. The molecule has 0 bridgehead atoms. The van der Waals surface area contributed by atoms with Gasteiger partial charge in [0, 0.05) is 12.1 Å². The van der Waals surface area contributed by atoms with Gasteiger partial charge in [-0.05, 0) is 30.7 Å². The highest BCUT2D eigenvalue weighted by Gasteiger charge is 2.11. The zero-order valence-electron chi connectivity index (χ0n) is 7.91. The van der Waals surface area contributed by atoms with Crippen LogP contribution < -0.4 is 9.62 Å². The Kier molecular flexibility index (Phi) is 3.66. The fourth-order valence-electron chi connectivity index (χ4n) is 1.07. The first-order valence-electron chi connectivity index (χ1n) is 4.03. The van der Waals surface area contributed by atoms with E-state index in [-0.39, 0.29) is 6.03 Å². The minimum Gasteiger partial charge on any atom is -0.340 e. The van der Waals surface area contributed by atoms with Gasteiger partial charge in [-0.3, -0.25) is 0 Å². The third kappa shape index (κ3) is 2.33. The molecule has 5 heteroatoms. The smallest absolute Gasteiger partial charge is 0.331 e. The van der Waals surface area contributed by atoms with Gasteiger partial charge in [-0.2, -0.15) is 0 Å². The molecule has 0 aliphatic heterocycles. The van der Waals surface area contributed by atoms with Crippen molar-refractivity contribution in [2.45, 2.75) is 6.92 Å². The largest absolute Gasteiger partial charge is 0.340 e. The van der Waals surface area contributed by atoms with Crippen LogP contribution in [-0.4, -0.2) is 13.1 Å². The Morgan fingerprint density at radius 3 is 2.71 bits per heavy atom. The second-order valence-electron chi connectivity index (χ2n) is 2.80. The normalized spacial score (nSPS) is 9.71. The summed E-state index contributed by atoms with van der Waals surface area (Å²) in [5.41, 5.74) is 1.62. The number of nitrogens with zero attached hydrogens (tertiary/aromatic N) is 1. The standard InChI is InChI=1S/C9H11ClN2OS/c1-6-5-7(10)3-4-8(6)12(14)9(13)11-2/h3-5,14H,1-2H3,(H,11,13). The predicted molar refractivity (Wildman–Crippen MR) is 62.1 cm³/mol. The number of benzene rings is 1. The van der Waals surface area contributed by atoms with Crippen molar-refractivity contribution >= 4 is 36.1 Å². The Hall–Kier alpha value is -0.870. The summed E-state index contributed by atoms with van der Waals surface area (Å²) in [5, 5.41) is 3.13. The van der Waals surface area contributed by atoms with E-state index in [4.69, 9.17) is 11.6 Å². The van der Waals surface area contributed by atoms with Gasteiger partial charge in [-0.25, -0.2) is 9.10 Å². The molecular weight excluding hydrogens is 220 g/mol. The second-order valence-corrected chi connectivity index (χ2v) is 3.63. The van der Waals surface area contributed by atoms with Crippen LogP contribution in [0.3, 0.4) is 0 Å². The van der Waals surface area contributed by atoms with E-state index in [0.29, 0.717) is 5.02 Å². The van der Waals surface area contributed by atoms with Crippen LogP contribution in [0.25, 0.3) is 0 Å². The second kappa shape index (κ2) is 4.57. The van der Waals surface area contributed by atoms with Crippen LogP contribution in [0.4, 0.5) is 10.5 Å². The lowest BCUT2D eigenvalue weighted by Gasteiger charge is -2.17. The number of thiol groups is 1. The van der Waals surface area contributed by atoms with E-state index in [0.717, 1.165) is 11.3 Å². The Balaban J connectivity index is 3.01. The summed E-state index contributed by atoms with van der Waals surface area (Å²) in [6, 6.07) is 4.97. The maximum absolute atomic E-state index is 11.3. The van der Waals surface area contributed by atoms with Crippen molar-refractivity contribution in [3.8, 4) is 0 Å². The number of rotatable bonds is 1. The van der Waals surface area contributed by atoms with Crippen molar-refractivity contribution < 1.29 is 4.79 Å². The van der Waals surface area contributed by atoms with Gasteiger partial charge in [-0.1, -0.05) is 24.4 Å². The number of hydrogen-bond acceptors (Lipinski definition) is 2. The van der Waals surface area contributed by atoms with Crippen LogP contribution in [0, 0.1) is 6.92 Å². The highest BCUT2D eigenvalue weighted by molar-refractivity contribution is 7.82. The minimum absolute atomic E-state index is 0.279. The zero-order chi connectivity index (χ0) is 10.7. The third-order valence-electron chi connectivity index (χ3n) is 1.79. The molecule has 1 rings (SSSR count). The van der Waals surface area contributed by atoms with Crippen LogP contribution in [-0.2, 0) is 0 Å². The lowest BCUT2D eigenvalue weighted by molar-refractivity contribution is 0.252. The number of hydrogen-bond donors (Lipinski definition) is 2. The predicted octanol–water partition coefficient (Wildman–Crippen LogP) is 2.64. The van der Waals surface area contributed by atoms with E-state index in [1.54, 1.807) is 25.2 Å². The number of aryl methyl sites for hydroxylation is 1. The minimum atomic E-state index is -0.279. The maximum Gasteiger partial charge on any atom is 0.331 e. The lowest BCUT2D eigenvalue weighted by Crippen LogP contribution is -2.31. The molecule has 0 aliphatic rings. The van der Waals surface area contributed by atoms with E-state index in [1.165, 1.54) is 4.31 Å². The first-order valence-corrected chi connectivity index (χ1v) is 4.81.